The van der Waals surface area contributed by atoms with E-state index in [4.69, 9.17) is 4.74 Å². The quantitative estimate of drug-likeness (QED) is 0.162. The lowest BCUT2D eigenvalue weighted by Crippen LogP contribution is -2.52. The fourth-order valence-corrected chi connectivity index (χ4v) is 6.27. The summed E-state index contributed by atoms with van der Waals surface area (Å²) in [5.41, 5.74) is 3.47. The van der Waals surface area contributed by atoms with Gasteiger partial charge in [0.25, 0.3) is 0 Å². The number of benzene rings is 3. The highest BCUT2D eigenvalue weighted by molar-refractivity contribution is 5.90. The Bertz CT molecular complexity index is 1580. The van der Waals surface area contributed by atoms with Crippen molar-refractivity contribution in [3.05, 3.63) is 107 Å². The van der Waals surface area contributed by atoms with Gasteiger partial charge < -0.3 is 30.4 Å². The van der Waals surface area contributed by atoms with Gasteiger partial charge in [0.15, 0.2) is 0 Å². The molecule has 0 aromatic heterocycles. The summed E-state index contributed by atoms with van der Waals surface area (Å²) in [5, 5.41) is 8.83. The Kier molecular flexibility index (Phi) is 14.3. The van der Waals surface area contributed by atoms with Gasteiger partial charge in [-0.3, -0.25) is 14.4 Å². The van der Waals surface area contributed by atoms with Gasteiger partial charge in [0.2, 0.25) is 17.7 Å². The zero-order valence-electron chi connectivity index (χ0n) is 30.3. The second kappa shape index (κ2) is 18.8. The van der Waals surface area contributed by atoms with Gasteiger partial charge in [0, 0.05) is 44.8 Å². The van der Waals surface area contributed by atoms with Crippen LogP contribution in [0.15, 0.2) is 84.9 Å². The Balaban J connectivity index is 1.32. The van der Waals surface area contributed by atoms with Crippen molar-refractivity contribution >= 4 is 29.6 Å². The third-order valence-corrected chi connectivity index (χ3v) is 8.92. The Labute approximate surface area is 301 Å². The number of nitrogens with one attached hydrogen (secondary N) is 3. The van der Waals surface area contributed by atoms with Crippen LogP contribution in [0, 0.1) is 0 Å². The van der Waals surface area contributed by atoms with Gasteiger partial charge in [-0.05, 0) is 62.8 Å². The average Bonchev–Trinajstić information content (AvgIpc) is 3.11. The number of rotatable bonds is 16. The van der Waals surface area contributed by atoms with Crippen molar-refractivity contribution in [3.8, 4) is 0 Å². The van der Waals surface area contributed by atoms with Crippen LogP contribution in [0.4, 0.5) is 4.79 Å². The number of carbonyl (C=O) groups excluding carboxylic acids is 5. The molecule has 0 spiro atoms. The largest absolute Gasteiger partial charge is 0.444 e. The van der Waals surface area contributed by atoms with Crippen LogP contribution in [0.3, 0.4) is 0 Å². The molecule has 0 saturated carbocycles. The molecule has 1 aliphatic heterocycles. The van der Waals surface area contributed by atoms with Gasteiger partial charge in [-0.1, -0.05) is 97.8 Å². The Morgan fingerprint density at radius 3 is 2.00 bits per heavy atom. The predicted octanol–water partition coefficient (Wildman–Crippen LogP) is 5.83. The van der Waals surface area contributed by atoms with Gasteiger partial charge in [-0.2, -0.15) is 0 Å². The van der Waals surface area contributed by atoms with E-state index in [1.54, 1.807) is 25.7 Å². The van der Waals surface area contributed by atoms with Crippen molar-refractivity contribution in [2.45, 2.75) is 103 Å². The second-order valence-electron chi connectivity index (χ2n) is 14.2. The van der Waals surface area contributed by atoms with E-state index < -0.39 is 23.8 Å². The number of ether oxygens (including phenoxy) is 1. The maximum absolute atomic E-state index is 13.6. The molecule has 1 aliphatic rings. The minimum absolute atomic E-state index is 0.0636. The molecule has 0 radical (unpaired) electrons. The third kappa shape index (κ3) is 12.4. The Morgan fingerprint density at radius 2 is 1.39 bits per heavy atom. The van der Waals surface area contributed by atoms with E-state index in [2.05, 4.69) is 16.0 Å². The molecule has 3 aromatic carbocycles. The van der Waals surface area contributed by atoms with Gasteiger partial charge in [0.1, 0.15) is 23.5 Å². The van der Waals surface area contributed by atoms with Gasteiger partial charge in [-0.25, -0.2) is 4.79 Å². The van der Waals surface area contributed by atoms with E-state index in [0.717, 1.165) is 22.3 Å². The van der Waals surface area contributed by atoms with Crippen LogP contribution >= 0.6 is 0 Å². The number of unbranched alkanes of at least 4 members (excludes halogenated alkanes) is 2. The fraction of sp³-hybridized carbons (Fsp3) is 0.439. The molecule has 4 rings (SSSR count). The number of amides is 4. The van der Waals surface area contributed by atoms with Crippen molar-refractivity contribution in [2.75, 3.05) is 13.1 Å². The van der Waals surface area contributed by atoms with Crippen LogP contribution in [0.2, 0.25) is 0 Å². The molecule has 0 aliphatic carbocycles. The average molecular weight is 697 g/mol. The summed E-state index contributed by atoms with van der Waals surface area (Å²) in [7, 11) is 0. The monoisotopic (exact) mass is 696 g/mol. The fourth-order valence-electron chi connectivity index (χ4n) is 6.27. The zero-order chi connectivity index (χ0) is 36.8. The number of hydrogen-bond donors (Lipinski definition) is 3. The van der Waals surface area contributed by atoms with E-state index in [1.807, 2.05) is 84.9 Å². The van der Waals surface area contributed by atoms with Crippen molar-refractivity contribution in [3.63, 3.8) is 0 Å². The first-order valence-corrected chi connectivity index (χ1v) is 17.9. The lowest BCUT2D eigenvalue weighted by atomic mass is 9.91. The number of alkyl carbamates (subject to hydrolysis) is 1. The summed E-state index contributed by atoms with van der Waals surface area (Å²) in [6, 6.07) is 26.3. The lowest BCUT2D eigenvalue weighted by Gasteiger charge is -2.36. The number of Topliss-reactive ketones (excluding diaryl/α,β-unsaturated/α-hetero) is 1. The minimum atomic E-state index is -0.807. The summed E-state index contributed by atoms with van der Waals surface area (Å²) in [6.07, 6.45) is 2.34. The zero-order valence-corrected chi connectivity index (χ0v) is 30.3. The maximum atomic E-state index is 13.6. The highest BCUT2D eigenvalue weighted by Gasteiger charge is 2.34. The first-order valence-electron chi connectivity index (χ1n) is 17.9. The second-order valence-corrected chi connectivity index (χ2v) is 14.2. The SMILES string of the molecule is CC(=O)CCC(=O)N1Cc2ccccc2C[C@H]1C(=O)NCCCCCC(NC(=O)OC(C)(C)C)C(=O)NCC(c1ccccc1)c1ccccc1. The van der Waals surface area contributed by atoms with Crippen molar-refractivity contribution in [1.29, 1.82) is 0 Å². The van der Waals surface area contributed by atoms with E-state index in [0.29, 0.717) is 51.7 Å². The molecule has 272 valence electrons. The molecule has 51 heavy (non-hydrogen) atoms. The van der Waals surface area contributed by atoms with E-state index in [-0.39, 0.29) is 42.3 Å². The van der Waals surface area contributed by atoms with Crippen LogP contribution in [0.1, 0.15) is 94.4 Å². The van der Waals surface area contributed by atoms with E-state index in [1.165, 1.54) is 6.92 Å². The first-order chi connectivity index (χ1) is 24.4. The summed E-state index contributed by atoms with van der Waals surface area (Å²) in [6.45, 7) is 7.86. The third-order valence-electron chi connectivity index (χ3n) is 8.92. The molecule has 0 saturated heterocycles. The summed E-state index contributed by atoms with van der Waals surface area (Å²) in [4.78, 5) is 65.9. The molecule has 0 fully saturated rings. The summed E-state index contributed by atoms with van der Waals surface area (Å²) >= 11 is 0. The van der Waals surface area contributed by atoms with Crippen LogP contribution in [0.5, 0.6) is 0 Å². The smallest absolute Gasteiger partial charge is 0.408 e. The molecule has 0 bridgehead atoms. The van der Waals surface area contributed by atoms with Crippen LogP contribution in [-0.2, 0) is 36.9 Å². The topological polar surface area (TPSA) is 134 Å². The normalized spacial score (nSPS) is 14.6. The minimum Gasteiger partial charge on any atom is -0.444 e. The highest BCUT2D eigenvalue weighted by atomic mass is 16.6. The van der Waals surface area contributed by atoms with E-state index in [9.17, 15) is 24.0 Å². The Hall–Kier alpha value is -4.99. The molecular weight excluding hydrogens is 644 g/mol. The van der Waals surface area contributed by atoms with Crippen molar-refractivity contribution in [2.24, 2.45) is 0 Å². The molecule has 1 heterocycles. The van der Waals surface area contributed by atoms with Crippen LogP contribution < -0.4 is 16.0 Å². The lowest BCUT2D eigenvalue weighted by molar-refractivity contribution is -0.142. The molecular formula is C41H52N4O6. The number of ketones is 1. The number of hydrogen-bond acceptors (Lipinski definition) is 6. The summed E-state index contributed by atoms with van der Waals surface area (Å²) in [5.74, 6) is -0.860. The van der Waals surface area contributed by atoms with Crippen molar-refractivity contribution < 1.29 is 28.7 Å². The predicted molar refractivity (Wildman–Crippen MR) is 197 cm³/mol. The maximum Gasteiger partial charge on any atom is 0.408 e. The molecule has 10 nitrogen and oxygen atoms in total. The molecule has 4 amide bonds. The number of fused-ring (bicyclic) bond motifs is 1. The summed E-state index contributed by atoms with van der Waals surface area (Å²) < 4.78 is 5.46. The van der Waals surface area contributed by atoms with E-state index >= 15 is 0 Å². The Morgan fingerprint density at radius 1 is 0.784 bits per heavy atom. The first kappa shape index (κ1) is 38.8. The van der Waals surface area contributed by atoms with Crippen molar-refractivity contribution in [1.82, 2.24) is 20.9 Å². The number of carbonyl (C=O) groups is 5. The van der Waals surface area contributed by atoms with Gasteiger partial charge >= 0.3 is 6.09 Å². The van der Waals surface area contributed by atoms with Crippen LogP contribution in [-0.4, -0.2) is 65.3 Å². The van der Waals surface area contributed by atoms with Crippen LogP contribution in [0.25, 0.3) is 0 Å². The van der Waals surface area contributed by atoms with Gasteiger partial charge in [-0.15, -0.1) is 0 Å². The molecule has 1 unspecified atom stereocenters. The van der Waals surface area contributed by atoms with Gasteiger partial charge in [0.05, 0.1) is 0 Å². The molecule has 3 N–H and O–H groups in total. The molecule has 10 heteroatoms. The molecule has 2 atom stereocenters. The standard InChI is InChI=1S/C41H52N4O6/c1-29(46)23-24-37(47)45-28-33-21-14-13-20-32(33)26-36(45)39(49)42-25-15-7-12-22-35(44-40(50)51-41(2,3)4)38(48)43-27-34(30-16-8-5-9-17-30)31-18-10-6-11-19-31/h5-6,8-11,13-14,16-21,34-36H,7,12,15,22-28H2,1-4H3,(H,42,49)(H,43,48)(H,44,50)/t35?,36-/m0/s1. The highest BCUT2D eigenvalue weighted by Crippen LogP contribution is 2.25. The molecule has 3 aromatic rings. The number of nitrogens with zero attached hydrogens (tertiary/aromatic N) is 1.